The van der Waals surface area contributed by atoms with E-state index in [1.165, 1.54) is 19.2 Å². The van der Waals surface area contributed by atoms with Crippen molar-refractivity contribution in [3.05, 3.63) is 35.6 Å². The van der Waals surface area contributed by atoms with Gasteiger partial charge in [0, 0.05) is 12.6 Å². The van der Waals surface area contributed by atoms with Crippen LogP contribution in [0, 0.1) is 5.82 Å². The third kappa shape index (κ3) is 4.06. The van der Waals surface area contributed by atoms with Gasteiger partial charge in [-0.1, -0.05) is 31.4 Å². The number of ether oxygens (including phenoxy) is 1. The number of benzene rings is 1. The summed E-state index contributed by atoms with van der Waals surface area (Å²) in [7, 11) is 1.33. The van der Waals surface area contributed by atoms with E-state index in [0.717, 1.165) is 32.1 Å². The summed E-state index contributed by atoms with van der Waals surface area (Å²) in [6.45, 7) is 0.268. The van der Waals surface area contributed by atoms with Gasteiger partial charge in [0.2, 0.25) is 0 Å². The molecular formula is C17H22FNO3. The lowest BCUT2D eigenvalue weighted by Gasteiger charge is -2.34. The fourth-order valence-electron chi connectivity index (χ4n) is 2.95. The van der Waals surface area contributed by atoms with Crippen molar-refractivity contribution in [2.24, 2.45) is 0 Å². The maximum absolute atomic E-state index is 13.9. The lowest BCUT2D eigenvalue weighted by Crippen LogP contribution is -2.43. The molecule has 1 aliphatic carbocycles. The highest BCUT2D eigenvalue weighted by molar-refractivity contribution is 5.94. The summed E-state index contributed by atoms with van der Waals surface area (Å²) in [6, 6.07) is 6.06. The van der Waals surface area contributed by atoms with Crippen molar-refractivity contribution in [3.8, 4) is 0 Å². The van der Waals surface area contributed by atoms with Crippen molar-refractivity contribution >= 4 is 11.9 Å². The minimum absolute atomic E-state index is 0.0675. The number of halogens is 1. The summed E-state index contributed by atoms with van der Waals surface area (Å²) in [5, 5.41) is 0. The zero-order valence-electron chi connectivity index (χ0n) is 12.9. The minimum atomic E-state index is -0.522. The Morgan fingerprint density at radius 3 is 2.55 bits per heavy atom. The molecule has 0 heterocycles. The molecule has 1 aromatic carbocycles. The molecule has 2 rings (SSSR count). The number of hydrogen-bond donors (Lipinski definition) is 0. The molecule has 0 radical (unpaired) electrons. The maximum Gasteiger partial charge on any atom is 0.307 e. The monoisotopic (exact) mass is 307 g/mol. The Balaban J connectivity index is 2.16. The highest BCUT2D eigenvalue weighted by Gasteiger charge is 2.28. The molecule has 0 aromatic heterocycles. The van der Waals surface area contributed by atoms with Crippen LogP contribution < -0.4 is 0 Å². The molecule has 1 aliphatic rings. The molecule has 0 atom stereocenters. The van der Waals surface area contributed by atoms with E-state index in [-0.39, 0.29) is 36.4 Å². The molecule has 0 spiro atoms. The van der Waals surface area contributed by atoms with Gasteiger partial charge in [0.15, 0.2) is 0 Å². The molecule has 1 saturated carbocycles. The lowest BCUT2D eigenvalue weighted by molar-refractivity contribution is -0.140. The first-order valence-electron chi connectivity index (χ1n) is 7.76. The smallest absolute Gasteiger partial charge is 0.307 e. The fraction of sp³-hybridized carbons (Fsp3) is 0.529. The molecule has 22 heavy (non-hydrogen) atoms. The van der Waals surface area contributed by atoms with Crippen LogP contribution in [0.1, 0.15) is 48.9 Å². The normalized spacial score (nSPS) is 15.4. The molecule has 0 bridgehead atoms. The number of carbonyl (C=O) groups excluding carboxylic acids is 2. The standard InChI is InChI=1S/C17H22FNO3/c1-22-16(20)11-12-19(13-7-3-2-4-8-13)17(21)14-9-5-6-10-15(14)18/h5-6,9-10,13H,2-4,7-8,11-12H2,1H3. The van der Waals surface area contributed by atoms with Gasteiger partial charge in [0.05, 0.1) is 19.1 Å². The van der Waals surface area contributed by atoms with Gasteiger partial charge in [-0.3, -0.25) is 9.59 Å². The number of rotatable bonds is 5. The summed E-state index contributed by atoms with van der Waals surface area (Å²) in [5.74, 6) is -1.22. The van der Waals surface area contributed by atoms with Crippen LogP contribution in [0.5, 0.6) is 0 Å². The third-order valence-corrected chi connectivity index (χ3v) is 4.17. The van der Waals surface area contributed by atoms with Gasteiger partial charge in [-0.2, -0.15) is 0 Å². The second kappa shape index (κ2) is 7.92. The summed E-state index contributed by atoms with van der Waals surface area (Å²) in [6.07, 6.45) is 5.22. The molecular weight excluding hydrogens is 285 g/mol. The van der Waals surface area contributed by atoms with Crippen LogP contribution in [0.25, 0.3) is 0 Å². The first kappa shape index (κ1) is 16.5. The van der Waals surface area contributed by atoms with Crippen LogP contribution in [-0.2, 0) is 9.53 Å². The fourth-order valence-corrected chi connectivity index (χ4v) is 2.95. The van der Waals surface area contributed by atoms with Crippen molar-refractivity contribution < 1.29 is 18.7 Å². The number of methoxy groups -OCH3 is 1. The van der Waals surface area contributed by atoms with Gasteiger partial charge in [0.1, 0.15) is 5.82 Å². The molecule has 1 fully saturated rings. The second-order valence-corrected chi connectivity index (χ2v) is 5.60. The Morgan fingerprint density at radius 1 is 1.23 bits per heavy atom. The first-order valence-corrected chi connectivity index (χ1v) is 7.76. The molecule has 0 aliphatic heterocycles. The summed E-state index contributed by atoms with van der Waals surface area (Å²) in [5.41, 5.74) is 0.0675. The highest BCUT2D eigenvalue weighted by Crippen LogP contribution is 2.25. The van der Waals surface area contributed by atoms with Crippen LogP contribution in [0.15, 0.2) is 24.3 Å². The van der Waals surface area contributed by atoms with Crippen molar-refractivity contribution in [2.45, 2.75) is 44.6 Å². The van der Waals surface area contributed by atoms with Crippen molar-refractivity contribution in [1.82, 2.24) is 4.90 Å². The third-order valence-electron chi connectivity index (χ3n) is 4.17. The molecule has 1 amide bonds. The second-order valence-electron chi connectivity index (χ2n) is 5.60. The zero-order valence-corrected chi connectivity index (χ0v) is 12.9. The predicted octanol–water partition coefficient (Wildman–Crippen LogP) is 3.16. The van der Waals surface area contributed by atoms with Gasteiger partial charge in [-0.05, 0) is 25.0 Å². The van der Waals surface area contributed by atoms with E-state index < -0.39 is 5.82 Å². The molecule has 0 unspecified atom stereocenters. The Kier molecular flexibility index (Phi) is 5.92. The average Bonchev–Trinajstić information content (AvgIpc) is 2.56. The van der Waals surface area contributed by atoms with Crippen molar-refractivity contribution in [2.75, 3.05) is 13.7 Å². The molecule has 4 nitrogen and oxygen atoms in total. The van der Waals surface area contributed by atoms with Gasteiger partial charge in [0.25, 0.3) is 5.91 Å². The van der Waals surface area contributed by atoms with Gasteiger partial charge in [-0.15, -0.1) is 0 Å². The van der Waals surface area contributed by atoms with Crippen LogP contribution in [0.2, 0.25) is 0 Å². The van der Waals surface area contributed by atoms with Gasteiger partial charge >= 0.3 is 5.97 Å². The van der Waals surface area contributed by atoms with E-state index in [0.29, 0.717) is 0 Å². The van der Waals surface area contributed by atoms with Crippen LogP contribution in [0.4, 0.5) is 4.39 Å². The van der Waals surface area contributed by atoms with Gasteiger partial charge in [-0.25, -0.2) is 4.39 Å². The number of nitrogens with zero attached hydrogens (tertiary/aromatic N) is 1. The van der Waals surface area contributed by atoms with Crippen LogP contribution in [0.3, 0.4) is 0 Å². The Labute approximate surface area is 130 Å². The number of hydrogen-bond acceptors (Lipinski definition) is 3. The molecule has 0 saturated heterocycles. The number of esters is 1. The summed E-state index contributed by atoms with van der Waals surface area (Å²) in [4.78, 5) is 25.7. The van der Waals surface area contributed by atoms with Crippen molar-refractivity contribution in [1.29, 1.82) is 0 Å². The van der Waals surface area contributed by atoms with Crippen LogP contribution >= 0.6 is 0 Å². The van der Waals surface area contributed by atoms with E-state index in [4.69, 9.17) is 0 Å². The average molecular weight is 307 g/mol. The Morgan fingerprint density at radius 2 is 1.91 bits per heavy atom. The minimum Gasteiger partial charge on any atom is -0.469 e. The van der Waals surface area contributed by atoms with E-state index in [1.807, 2.05) is 0 Å². The van der Waals surface area contributed by atoms with Crippen molar-refractivity contribution in [3.63, 3.8) is 0 Å². The molecule has 120 valence electrons. The van der Waals surface area contributed by atoms with E-state index in [2.05, 4.69) is 4.74 Å². The summed E-state index contributed by atoms with van der Waals surface area (Å²) < 4.78 is 18.5. The molecule has 0 N–H and O–H groups in total. The van der Waals surface area contributed by atoms with E-state index in [9.17, 15) is 14.0 Å². The summed E-state index contributed by atoms with van der Waals surface area (Å²) >= 11 is 0. The van der Waals surface area contributed by atoms with Crippen LogP contribution in [-0.4, -0.2) is 36.5 Å². The molecule has 5 heteroatoms. The quantitative estimate of drug-likeness (QED) is 0.785. The highest BCUT2D eigenvalue weighted by atomic mass is 19.1. The predicted molar refractivity (Wildman–Crippen MR) is 80.9 cm³/mol. The zero-order chi connectivity index (χ0) is 15.9. The number of amides is 1. The Hall–Kier alpha value is -1.91. The largest absolute Gasteiger partial charge is 0.469 e. The SMILES string of the molecule is COC(=O)CCN(C(=O)c1ccccc1F)C1CCCCC1. The maximum atomic E-state index is 13.9. The first-order chi connectivity index (χ1) is 10.6. The topological polar surface area (TPSA) is 46.6 Å². The molecule has 1 aromatic rings. The number of carbonyl (C=O) groups is 2. The van der Waals surface area contributed by atoms with E-state index in [1.54, 1.807) is 17.0 Å². The Bertz CT molecular complexity index is 526. The van der Waals surface area contributed by atoms with E-state index >= 15 is 0 Å². The lowest BCUT2D eigenvalue weighted by atomic mass is 9.93. The van der Waals surface area contributed by atoms with Gasteiger partial charge < -0.3 is 9.64 Å².